The second-order valence-corrected chi connectivity index (χ2v) is 10.7. The number of sulfonamides is 1. The molecule has 0 aromatic heterocycles. The van der Waals surface area contributed by atoms with Crippen LogP contribution < -0.4 is 4.72 Å². The van der Waals surface area contributed by atoms with E-state index in [0.717, 1.165) is 39.4 Å². The van der Waals surface area contributed by atoms with Crippen LogP contribution in [0.2, 0.25) is 0 Å². The van der Waals surface area contributed by atoms with E-state index in [0.29, 0.717) is 30.9 Å². The van der Waals surface area contributed by atoms with Gasteiger partial charge in [-0.3, -0.25) is 0 Å². The van der Waals surface area contributed by atoms with Crippen LogP contribution in [-0.2, 0) is 16.4 Å². The summed E-state index contributed by atoms with van der Waals surface area (Å²) in [5.41, 5.74) is 4.14. The van der Waals surface area contributed by atoms with Gasteiger partial charge in [0.2, 0.25) is 10.0 Å². The van der Waals surface area contributed by atoms with Crippen LogP contribution in [0.1, 0.15) is 54.1 Å². The van der Waals surface area contributed by atoms with Crippen LogP contribution in [0.4, 0.5) is 0 Å². The molecule has 0 amide bonds. The van der Waals surface area contributed by atoms with Crippen LogP contribution in [0.25, 0.3) is 21.9 Å². The van der Waals surface area contributed by atoms with Gasteiger partial charge in [0.1, 0.15) is 0 Å². The number of carbonyl (C=O) groups is 1. The van der Waals surface area contributed by atoms with Crippen molar-refractivity contribution in [3.05, 3.63) is 89.5 Å². The number of hydrogen-bond acceptors (Lipinski definition) is 3. The molecule has 0 saturated heterocycles. The minimum atomic E-state index is -3.59. The van der Waals surface area contributed by atoms with E-state index in [1.54, 1.807) is 18.2 Å². The van der Waals surface area contributed by atoms with Crippen molar-refractivity contribution >= 4 is 26.8 Å². The van der Waals surface area contributed by atoms with Gasteiger partial charge in [-0.15, -0.1) is 0 Å². The van der Waals surface area contributed by atoms with E-state index in [9.17, 15) is 18.3 Å². The number of hydrogen-bond donors (Lipinski definition) is 2. The molecule has 5 nitrogen and oxygen atoms in total. The summed E-state index contributed by atoms with van der Waals surface area (Å²) in [6, 6.07) is 22.5. The molecule has 176 valence electrons. The number of unbranched alkanes of at least 4 members (excludes halogenated alkanes) is 1. The Balaban J connectivity index is 1.41. The highest BCUT2D eigenvalue weighted by molar-refractivity contribution is 7.89. The molecule has 0 spiro atoms. The molecule has 0 saturated carbocycles. The predicted octanol–water partition coefficient (Wildman–Crippen LogP) is 6.07. The van der Waals surface area contributed by atoms with E-state index in [2.05, 4.69) is 24.6 Å². The average Bonchev–Trinajstić information content (AvgIpc) is 3.00. The highest BCUT2D eigenvalue weighted by atomic mass is 32.2. The molecule has 4 rings (SSSR count). The summed E-state index contributed by atoms with van der Waals surface area (Å²) in [6.45, 7) is 4.54. The molecule has 6 heteroatoms. The third kappa shape index (κ3) is 5.13. The van der Waals surface area contributed by atoms with Gasteiger partial charge < -0.3 is 5.11 Å². The van der Waals surface area contributed by atoms with E-state index >= 15 is 0 Å². The summed E-state index contributed by atoms with van der Waals surface area (Å²) in [4.78, 5) is 12.0. The van der Waals surface area contributed by atoms with Crippen molar-refractivity contribution in [2.45, 2.75) is 43.9 Å². The van der Waals surface area contributed by atoms with Crippen molar-refractivity contribution in [1.29, 1.82) is 0 Å². The van der Waals surface area contributed by atoms with Crippen LogP contribution in [0, 0.1) is 0 Å². The number of carboxylic acids is 1. The van der Waals surface area contributed by atoms with E-state index in [4.69, 9.17) is 0 Å². The van der Waals surface area contributed by atoms with E-state index in [1.807, 2.05) is 48.5 Å². The maximum Gasteiger partial charge on any atom is 0.336 e. The van der Waals surface area contributed by atoms with Gasteiger partial charge in [0, 0.05) is 6.54 Å². The molecule has 0 bridgehead atoms. The van der Waals surface area contributed by atoms with Crippen molar-refractivity contribution in [3.63, 3.8) is 0 Å². The Morgan fingerprint density at radius 1 is 0.882 bits per heavy atom. The Hall–Kier alpha value is -3.22. The number of aromatic carboxylic acids is 1. The van der Waals surface area contributed by atoms with E-state index in [-0.39, 0.29) is 4.90 Å². The normalized spacial score (nSPS) is 12.0. The first-order valence-electron chi connectivity index (χ1n) is 11.5. The predicted molar refractivity (Wildman–Crippen MR) is 136 cm³/mol. The molecular weight excluding hydrogens is 446 g/mol. The molecule has 2 aromatic rings. The third-order valence-electron chi connectivity index (χ3n) is 6.22. The van der Waals surface area contributed by atoms with Gasteiger partial charge in [-0.1, -0.05) is 68.4 Å². The Morgan fingerprint density at radius 2 is 1.59 bits per heavy atom. The lowest BCUT2D eigenvalue weighted by atomic mass is 10.0. The van der Waals surface area contributed by atoms with Crippen LogP contribution in [0.3, 0.4) is 0 Å². The molecule has 0 radical (unpaired) electrons. The number of fused-ring (bicyclic) bond motifs is 2. The molecule has 2 aromatic carbocycles. The van der Waals surface area contributed by atoms with Gasteiger partial charge in [-0.2, -0.15) is 0 Å². The quantitative estimate of drug-likeness (QED) is 0.288. The number of carboxylic acid groups (broad SMARTS) is 1. The average molecular weight is 476 g/mol. The number of nitrogens with one attached hydrogen (secondary N) is 1. The topological polar surface area (TPSA) is 83.5 Å². The zero-order chi connectivity index (χ0) is 24.3. The monoisotopic (exact) mass is 475 g/mol. The third-order valence-corrected chi connectivity index (χ3v) is 7.68. The summed E-state index contributed by atoms with van der Waals surface area (Å²) in [5, 5.41) is 11.5. The number of rotatable bonds is 9. The summed E-state index contributed by atoms with van der Waals surface area (Å²) in [5.74, 6) is -0.583. The zero-order valence-electron chi connectivity index (χ0n) is 19.4. The van der Waals surface area contributed by atoms with Gasteiger partial charge in [0.05, 0.1) is 10.5 Å². The molecule has 0 heterocycles. The summed E-state index contributed by atoms with van der Waals surface area (Å²) in [6.07, 6.45) is 2.08. The maximum absolute atomic E-state index is 12.7. The first-order chi connectivity index (χ1) is 16.3. The molecule has 0 fully saturated rings. The lowest BCUT2D eigenvalue weighted by molar-refractivity contribution is 0.0698. The zero-order valence-corrected chi connectivity index (χ0v) is 20.2. The molecule has 0 unspecified atom stereocenters. The summed E-state index contributed by atoms with van der Waals surface area (Å²) in [7, 11) is -3.59. The van der Waals surface area contributed by atoms with Crippen molar-refractivity contribution in [2.24, 2.45) is 0 Å². The van der Waals surface area contributed by atoms with Gasteiger partial charge in [0.15, 0.2) is 0 Å². The number of aryl methyl sites for hydroxylation is 1. The Bertz CT molecular complexity index is 1410. The minimum absolute atomic E-state index is 0.257. The highest BCUT2D eigenvalue weighted by Gasteiger charge is 2.20. The fourth-order valence-electron chi connectivity index (χ4n) is 4.27. The first-order valence-corrected chi connectivity index (χ1v) is 13.0. The smallest absolute Gasteiger partial charge is 0.336 e. The Kier molecular flexibility index (Phi) is 7.00. The SMILES string of the molecule is CC(C)c1ccc2c(CCCCNS(=O)(=O)c3ccc4ccccc4c3)cc(C(=O)O)c-2cc1. The largest absolute Gasteiger partial charge is 0.478 e. The standard InChI is InChI=1S/C28H29NO4S/c1-19(2)20-11-14-25-23(18-27(28(30)31)26(25)15-12-20)9-5-6-16-29-34(32,33)24-13-10-21-7-3-4-8-22(21)17-24/h3-4,7-8,10-15,17-19,29H,5-6,9,16H2,1-2H3,(H,30,31). The second kappa shape index (κ2) is 9.95. The van der Waals surface area contributed by atoms with Crippen LogP contribution >= 0.6 is 0 Å². The minimum Gasteiger partial charge on any atom is -0.478 e. The van der Waals surface area contributed by atoms with Crippen molar-refractivity contribution in [1.82, 2.24) is 4.72 Å². The van der Waals surface area contributed by atoms with Gasteiger partial charge in [-0.05, 0) is 76.4 Å². The molecule has 0 atom stereocenters. The molecule has 2 aliphatic rings. The fourth-order valence-corrected chi connectivity index (χ4v) is 5.38. The van der Waals surface area contributed by atoms with Gasteiger partial charge in [0.25, 0.3) is 0 Å². The van der Waals surface area contributed by atoms with E-state index in [1.165, 1.54) is 0 Å². The molecule has 0 aliphatic heterocycles. The van der Waals surface area contributed by atoms with Gasteiger partial charge >= 0.3 is 5.97 Å². The molecule has 2 aliphatic carbocycles. The summed E-state index contributed by atoms with van der Waals surface area (Å²) >= 11 is 0. The van der Waals surface area contributed by atoms with Crippen molar-refractivity contribution in [2.75, 3.05) is 6.54 Å². The second-order valence-electron chi connectivity index (χ2n) is 8.90. The van der Waals surface area contributed by atoms with Crippen molar-refractivity contribution < 1.29 is 18.3 Å². The fraction of sp³-hybridized carbons (Fsp3) is 0.250. The van der Waals surface area contributed by atoms with Crippen LogP contribution in [0.5, 0.6) is 0 Å². The van der Waals surface area contributed by atoms with Crippen LogP contribution in [-0.4, -0.2) is 26.0 Å². The van der Waals surface area contributed by atoms with E-state index < -0.39 is 16.0 Å². The van der Waals surface area contributed by atoms with Gasteiger partial charge in [-0.25, -0.2) is 17.9 Å². The first kappa shape index (κ1) is 23.9. The van der Waals surface area contributed by atoms with Crippen LogP contribution in [0.15, 0.2) is 77.7 Å². The molecule has 34 heavy (non-hydrogen) atoms. The molecular formula is C28H29NO4S. The lowest BCUT2D eigenvalue weighted by Crippen LogP contribution is -2.24. The highest BCUT2D eigenvalue weighted by Crippen LogP contribution is 2.34. The lowest BCUT2D eigenvalue weighted by Gasteiger charge is -2.08. The number of benzene rings is 2. The Morgan fingerprint density at radius 3 is 2.29 bits per heavy atom. The van der Waals surface area contributed by atoms with Crippen molar-refractivity contribution in [3.8, 4) is 11.1 Å². The summed E-state index contributed by atoms with van der Waals surface area (Å²) < 4.78 is 28.1. The Labute approximate surface area is 200 Å². The maximum atomic E-state index is 12.7. The molecule has 2 N–H and O–H groups in total.